The summed E-state index contributed by atoms with van der Waals surface area (Å²) in [5.74, 6) is -1.16. The van der Waals surface area contributed by atoms with Gasteiger partial charge in [0, 0.05) is 25.7 Å². The second-order valence-corrected chi connectivity index (χ2v) is 7.46. The van der Waals surface area contributed by atoms with Gasteiger partial charge < -0.3 is 15.1 Å². The zero-order valence-electron chi connectivity index (χ0n) is 17.2. The van der Waals surface area contributed by atoms with Gasteiger partial charge in [0.1, 0.15) is 11.4 Å². The molecule has 2 heterocycles. The van der Waals surface area contributed by atoms with Gasteiger partial charge in [-0.3, -0.25) is 24.6 Å². The quantitative estimate of drug-likeness (QED) is 0.350. The predicted molar refractivity (Wildman–Crippen MR) is 117 cm³/mol. The number of benzene rings is 2. The summed E-state index contributed by atoms with van der Waals surface area (Å²) in [5, 5.41) is 16.1. The van der Waals surface area contributed by atoms with Crippen molar-refractivity contribution < 1.29 is 18.9 Å². The van der Waals surface area contributed by atoms with E-state index in [0.717, 1.165) is 13.0 Å². The Bertz CT molecular complexity index is 1130. The molecule has 2 N–H and O–H groups in total. The van der Waals surface area contributed by atoms with Crippen LogP contribution in [0.3, 0.4) is 0 Å². The van der Waals surface area contributed by atoms with Gasteiger partial charge in [0.15, 0.2) is 0 Å². The molecule has 0 saturated carbocycles. The number of fused-ring (bicyclic) bond motifs is 1. The number of nitro groups is 1. The lowest BCUT2D eigenvalue weighted by molar-refractivity contribution is -0.383. The van der Waals surface area contributed by atoms with Crippen LogP contribution in [0, 0.1) is 10.1 Å². The van der Waals surface area contributed by atoms with E-state index in [0.29, 0.717) is 12.3 Å². The number of hydrogen-bond acceptors (Lipinski definition) is 6. The average Bonchev–Trinajstić information content (AvgIpc) is 3.33. The zero-order valence-corrected chi connectivity index (χ0v) is 17.2. The number of amides is 2. The van der Waals surface area contributed by atoms with Crippen LogP contribution in [0.5, 0.6) is 0 Å². The molecule has 4 rings (SSSR count). The number of para-hydroxylation sites is 2. The second kappa shape index (κ2) is 9.44. The Balaban J connectivity index is 1.43. The van der Waals surface area contributed by atoms with Crippen molar-refractivity contribution >= 4 is 23.2 Å². The monoisotopic (exact) mass is 434 g/mol. The molecule has 1 atom stereocenters. The fourth-order valence-corrected chi connectivity index (χ4v) is 3.86. The van der Waals surface area contributed by atoms with Crippen LogP contribution < -0.4 is 10.6 Å². The van der Waals surface area contributed by atoms with E-state index in [2.05, 4.69) is 27.7 Å². The number of nitro benzene ring substituents is 1. The standard InChI is InChI=1S/C23H22N4O5/c28-22(23(29)25-18-8-3-4-9-19(18)27(30)31)24-14-20(21-10-5-13-32-21)26-12-11-16-6-1-2-7-17(16)15-26/h1-10,13,20H,11-12,14-15H2,(H,24,28)(H,25,29). The highest BCUT2D eigenvalue weighted by Crippen LogP contribution is 2.28. The van der Waals surface area contributed by atoms with Crippen molar-refractivity contribution in [1.29, 1.82) is 0 Å². The third kappa shape index (κ3) is 4.68. The van der Waals surface area contributed by atoms with Crippen molar-refractivity contribution in [3.8, 4) is 0 Å². The van der Waals surface area contributed by atoms with Gasteiger partial charge in [-0.25, -0.2) is 0 Å². The number of furan rings is 1. The van der Waals surface area contributed by atoms with Crippen molar-refractivity contribution in [3.63, 3.8) is 0 Å². The van der Waals surface area contributed by atoms with Crippen LogP contribution >= 0.6 is 0 Å². The number of anilines is 1. The highest BCUT2D eigenvalue weighted by atomic mass is 16.6. The number of carbonyl (C=O) groups is 2. The minimum atomic E-state index is -0.971. The highest BCUT2D eigenvalue weighted by molar-refractivity contribution is 6.39. The molecule has 0 saturated heterocycles. The van der Waals surface area contributed by atoms with Crippen LogP contribution in [-0.4, -0.2) is 34.7 Å². The van der Waals surface area contributed by atoms with Gasteiger partial charge in [-0.15, -0.1) is 0 Å². The molecule has 2 amide bonds. The molecule has 3 aromatic rings. The van der Waals surface area contributed by atoms with Gasteiger partial charge in [0.05, 0.1) is 17.2 Å². The minimum absolute atomic E-state index is 0.0344. The maximum absolute atomic E-state index is 12.4. The Labute approximate surface area is 184 Å². The molecule has 0 spiro atoms. The summed E-state index contributed by atoms with van der Waals surface area (Å²) >= 11 is 0. The molecule has 1 aliphatic rings. The number of hydrogen-bond donors (Lipinski definition) is 2. The molecular formula is C23H22N4O5. The van der Waals surface area contributed by atoms with E-state index in [1.807, 2.05) is 18.2 Å². The summed E-state index contributed by atoms with van der Waals surface area (Å²) in [7, 11) is 0. The first-order chi connectivity index (χ1) is 15.5. The fraction of sp³-hybridized carbons (Fsp3) is 0.217. The van der Waals surface area contributed by atoms with Crippen LogP contribution in [0.15, 0.2) is 71.3 Å². The Morgan fingerprint density at radius 3 is 2.53 bits per heavy atom. The van der Waals surface area contributed by atoms with E-state index in [1.54, 1.807) is 18.4 Å². The topological polar surface area (TPSA) is 118 Å². The van der Waals surface area contributed by atoms with E-state index < -0.39 is 16.7 Å². The molecular weight excluding hydrogens is 412 g/mol. The number of nitrogens with zero attached hydrogens (tertiary/aromatic N) is 2. The Morgan fingerprint density at radius 1 is 1.03 bits per heavy atom. The first-order valence-corrected chi connectivity index (χ1v) is 10.2. The molecule has 0 bridgehead atoms. The van der Waals surface area contributed by atoms with Crippen LogP contribution in [0.2, 0.25) is 0 Å². The van der Waals surface area contributed by atoms with Crippen LogP contribution in [0.4, 0.5) is 11.4 Å². The molecule has 1 unspecified atom stereocenters. The smallest absolute Gasteiger partial charge is 0.313 e. The SMILES string of the molecule is O=C(NCC(c1ccco1)N1CCc2ccccc2C1)C(=O)Nc1ccccc1[N+](=O)[O-]. The molecule has 2 aromatic carbocycles. The van der Waals surface area contributed by atoms with Crippen LogP contribution in [-0.2, 0) is 22.6 Å². The summed E-state index contributed by atoms with van der Waals surface area (Å²) in [5.41, 5.74) is 2.20. The Hall–Kier alpha value is -3.98. The third-order valence-electron chi connectivity index (χ3n) is 5.48. The maximum atomic E-state index is 12.4. The van der Waals surface area contributed by atoms with Gasteiger partial charge in [-0.1, -0.05) is 36.4 Å². The van der Waals surface area contributed by atoms with Crippen molar-refractivity contribution in [3.05, 3.63) is 93.9 Å². The summed E-state index contributed by atoms with van der Waals surface area (Å²) in [4.78, 5) is 37.5. The molecule has 164 valence electrons. The van der Waals surface area contributed by atoms with E-state index in [4.69, 9.17) is 4.42 Å². The second-order valence-electron chi connectivity index (χ2n) is 7.46. The first kappa shape index (κ1) is 21.3. The van der Waals surface area contributed by atoms with Crippen LogP contribution in [0.25, 0.3) is 0 Å². The van der Waals surface area contributed by atoms with Gasteiger partial charge in [0.25, 0.3) is 5.69 Å². The first-order valence-electron chi connectivity index (χ1n) is 10.2. The van der Waals surface area contributed by atoms with Crippen molar-refractivity contribution in [2.24, 2.45) is 0 Å². The molecule has 0 aliphatic carbocycles. The summed E-state index contributed by atoms with van der Waals surface area (Å²) < 4.78 is 5.60. The lowest BCUT2D eigenvalue weighted by atomic mass is 9.98. The van der Waals surface area contributed by atoms with Crippen LogP contribution in [0.1, 0.15) is 22.9 Å². The molecule has 1 aliphatic heterocycles. The summed E-state index contributed by atoms with van der Waals surface area (Å²) in [6.45, 7) is 1.62. The third-order valence-corrected chi connectivity index (χ3v) is 5.48. The zero-order chi connectivity index (χ0) is 22.5. The predicted octanol–water partition coefficient (Wildman–Crippen LogP) is 3.04. The molecule has 9 nitrogen and oxygen atoms in total. The molecule has 9 heteroatoms. The molecule has 1 aromatic heterocycles. The minimum Gasteiger partial charge on any atom is -0.468 e. The normalized spacial score (nSPS) is 14.2. The van der Waals surface area contributed by atoms with Gasteiger partial charge in [-0.2, -0.15) is 0 Å². The Kier molecular flexibility index (Phi) is 6.27. The molecule has 0 radical (unpaired) electrons. The number of rotatable bonds is 6. The number of nitrogens with one attached hydrogen (secondary N) is 2. The van der Waals surface area contributed by atoms with E-state index in [9.17, 15) is 19.7 Å². The lowest BCUT2D eigenvalue weighted by Gasteiger charge is -2.34. The molecule has 0 fully saturated rings. The lowest BCUT2D eigenvalue weighted by Crippen LogP contribution is -2.43. The van der Waals surface area contributed by atoms with Crippen molar-refractivity contribution in [2.75, 3.05) is 18.4 Å². The maximum Gasteiger partial charge on any atom is 0.313 e. The van der Waals surface area contributed by atoms with Crippen molar-refractivity contribution in [1.82, 2.24) is 10.2 Å². The van der Waals surface area contributed by atoms with E-state index in [1.165, 1.54) is 29.3 Å². The fourth-order valence-electron chi connectivity index (χ4n) is 3.86. The largest absolute Gasteiger partial charge is 0.468 e. The van der Waals surface area contributed by atoms with Gasteiger partial charge in [-0.05, 0) is 35.7 Å². The number of carbonyl (C=O) groups excluding carboxylic acids is 2. The van der Waals surface area contributed by atoms with Gasteiger partial charge in [0.2, 0.25) is 0 Å². The van der Waals surface area contributed by atoms with E-state index >= 15 is 0 Å². The van der Waals surface area contributed by atoms with Crippen molar-refractivity contribution in [2.45, 2.75) is 19.0 Å². The highest BCUT2D eigenvalue weighted by Gasteiger charge is 2.28. The molecule has 32 heavy (non-hydrogen) atoms. The average molecular weight is 434 g/mol. The Morgan fingerprint density at radius 2 is 1.78 bits per heavy atom. The summed E-state index contributed by atoms with van der Waals surface area (Å²) in [6.07, 6.45) is 2.45. The van der Waals surface area contributed by atoms with Gasteiger partial charge >= 0.3 is 11.8 Å². The summed E-state index contributed by atoms with van der Waals surface area (Å²) in [6, 6.07) is 17.2. The van der Waals surface area contributed by atoms with E-state index in [-0.39, 0.29) is 24.0 Å².